The van der Waals surface area contributed by atoms with Crippen molar-refractivity contribution in [1.82, 2.24) is 19.9 Å². The molecule has 206 valence electrons. The van der Waals surface area contributed by atoms with Gasteiger partial charge in [0.15, 0.2) is 0 Å². The highest BCUT2D eigenvalue weighted by atomic mass is 16.5. The van der Waals surface area contributed by atoms with Crippen LogP contribution in [-0.4, -0.2) is 56.1 Å². The molecule has 1 aliphatic rings. The lowest BCUT2D eigenvalue weighted by atomic mass is 10.0. The van der Waals surface area contributed by atoms with Gasteiger partial charge in [0.05, 0.1) is 11.3 Å². The van der Waals surface area contributed by atoms with Gasteiger partial charge in [-0.1, -0.05) is 31.2 Å². The van der Waals surface area contributed by atoms with Crippen molar-refractivity contribution in [3.63, 3.8) is 0 Å². The van der Waals surface area contributed by atoms with Crippen molar-refractivity contribution in [3.8, 4) is 22.9 Å². The van der Waals surface area contributed by atoms with Crippen molar-refractivity contribution in [2.45, 2.75) is 45.6 Å². The van der Waals surface area contributed by atoms with Crippen molar-refractivity contribution in [1.29, 1.82) is 0 Å². The Morgan fingerprint density at radius 2 is 1.95 bits per heavy atom. The second-order valence-electron chi connectivity index (χ2n) is 9.85. The fourth-order valence-electron chi connectivity index (χ4n) is 4.92. The van der Waals surface area contributed by atoms with E-state index < -0.39 is 6.09 Å². The maximum absolute atomic E-state index is 12.3. The van der Waals surface area contributed by atoms with Crippen LogP contribution in [0.3, 0.4) is 0 Å². The van der Waals surface area contributed by atoms with Crippen molar-refractivity contribution in [2.75, 3.05) is 23.7 Å². The summed E-state index contributed by atoms with van der Waals surface area (Å²) in [4.78, 5) is 38.7. The summed E-state index contributed by atoms with van der Waals surface area (Å²) in [6, 6.07) is 15.1. The van der Waals surface area contributed by atoms with Crippen LogP contribution in [0.2, 0.25) is 0 Å². The topological polar surface area (TPSA) is 130 Å². The molecule has 2 aromatic carbocycles. The maximum Gasteiger partial charge on any atom is 0.407 e. The van der Waals surface area contributed by atoms with Crippen LogP contribution in [0.15, 0.2) is 60.9 Å². The number of rotatable bonds is 8. The van der Waals surface area contributed by atoms with Crippen LogP contribution >= 0.6 is 0 Å². The van der Waals surface area contributed by atoms with E-state index in [-0.39, 0.29) is 11.9 Å². The molecule has 2 aromatic heterocycles. The lowest BCUT2D eigenvalue weighted by molar-refractivity contribution is -0.116. The molecule has 0 bridgehead atoms. The molecule has 0 radical (unpaired) electrons. The fraction of sp³-hybridized carbons (Fsp3) is 0.300. The zero-order chi connectivity index (χ0) is 28.1. The number of hydrogen-bond donors (Lipinski definition) is 3. The number of ether oxygens (including phenoxy) is 1. The normalized spacial score (nSPS) is 15.1. The molecule has 0 spiro atoms. The van der Waals surface area contributed by atoms with Gasteiger partial charge in [-0.3, -0.25) is 4.79 Å². The quantitative estimate of drug-likeness (QED) is 0.245. The van der Waals surface area contributed by atoms with E-state index in [0.29, 0.717) is 48.3 Å². The van der Waals surface area contributed by atoms with E-state index in [0.717, 1.165) is 41.3 Å². The number of aromatic nitrogens is 3. The van der Waals surface area contributed by atoms with Crippen LogP contribution in [0.5, 0.6) is 11.6 Å². The Kier molecular flexibility index (Phi) is 8.04. The number of aryl methyl sites for hydroxylation is 1. The SMILES string of the molecule is CCCC(=O)Nc1cccc2c(Oc3ncccc3-c3ccnc(N[C@H]4CCCN(C(=O)O)C4)n3)c(C)ccc12. The minimum Gasteiger partial charge on any atom is -0.465 e. The standard InChI is InChI=1S/C30H32N6O4/c1-3-7-26(37)34-24-11-4-9-22-21(24)13-12-19(2)27(22)40-28-23(10-5-15-31-28)25-14-16-32-29(35-25)33-20-8-6-17-36(18-20)30(38)39/h4-5,9-16,20H,3,6-8,17-18H2,1-2H3,(H,34,37)(H,38,39)(H,32,33,35)/t20-/m0/s1. The molecule has 0 aliphatic carbocycles. The van der Waals surface area contributed by atoms with Gasteiger partial charge in [-0.15, -0.1) is 0 Å². The molecule has 3 heterocycles. The highest BCUT2D eigenvalue weighted by molar-refractivity contribution is 6.04. The van der Waals surface area contributed by atoms with Crippen molar-refractivity contribution in [3.05, 3.63) is 66.5 Å². The molecule has 10 heteroatoms. The Morgan fingerprint density at radius 1 is 1.07 bits per heavy atom. The Balaban J connectivity index is 1.44. The number of amides is 2. The van der Waals surface area contributed by atoms with Gasteiger partial charge in [0.25, 0.3) is 0 Å². The number of piperidine rings is 1. The van der Waals surface area contributed by atoms with Gasteiger partial charge >= 0.3 is 6.09 Å². The monoisotopic (exact) mass is 540 g/mol. The number of nitrogens with zero attached hydrogens (tertiary/aromatic N) is 4. The first-order valence-electron chi connectivity index (χ1n) is 13.5. The molecule has 4 aromatic rings. The summed E-state index contributed by atoms with van der Waals surface area (Å²) in [6.07, 6.45) is 5.24. The molecule has 40 heavy (non-hydrogen) atoms. The Labute approximate surface area is 232 Å². The van der Waals surface area contributed by atoms with Crippen LogP contribution in [0.25, 0.3) is 22.0 Å². The van der Waals surface area contributed by atoms with Gasteiger partial charge in [0, 0.05) is 54.4 Å². The van der Waals surface area contributed by atoms with Crippen LogP contribution in [0.1, 0.15) is 38.2 Å². The summed E-state index contributed by atoms with van der Waals surface area (Å²) in [5.74, 6) is 1.42. The van der Waals surface area contributed by atoms with E-state index >= 15 is 0 Å². The summed E-state index contributed by atoms with van der Waals surface area (Å²) in [7, 11) is 0. The molecular formula is C30H32N6O4. The first-order valence-corrected chi connectivity index (χ1v) is 13.5. The molecular weight excluding hydrogens is 508 g/mol. The van der Waals surface area contributed by atoms with Crippen molar-refractivity contribution in [2.24, 2.45) is 0 Å². The highest BCUT2D eigenvalue weighted by Gasteiger charge is 2.24. The van der Waals surface area contributed by atoms with Crippen LogP contribution in [0.4, 0.5) is 16.4 Å². The molecule has 1 saturated heterocycles. The third-order valence-electron chi connectivity index (χ3n) is 6.89. The molecule has 0 saturated carbocycles. The van der Waals surface area contributed by atoms with E-state index in [9.17, 15) is 14.7 Å². The Bertz CT molecular complexity index is 1540. The Morgan fingerprint density at radius 3 is 2.77 bits per heavy atom. The lowest BCUT2D eigenvalue weighted by Crippen LogP contribution is -2.44. The largest absolute Gasteiger partial charge is 0.465 e. The van der Waals surface area contributed by atoms with Crippen molar-refractivity contribution < 1.29 is 19.4 Å². The predicted octanol–water partition coefficient (Wildman–Crippen LogP) is 6.09. The summed E-state index contributed by atoms with van der Waals surface area (Å²) in [6.45, 7) is 4.86. The zero-order valence-electron chi connectivity index (χ0n) is 22.6. The Hall–Kier alpha value is -4.73. The maximum atomic E-state index is 12.3. The van der Waals surface area contributed by atoms with E-state index in [1.807, 2.05) is 56.3 Å². The minimum atomic E-state index is -0.919. The van der Waals surface area contributed by atoms with Gasteiger partial charge in [-0.2, -0.15) is 0 Å². The number of likely N-dealkylation sites (tertiary alicyclic amines) is 1. The van der Waals surface area contributed by atoms with Gasteiger partial charge in [-0.05, 0) is 56.0 Å². The van der Waals surface area contributed by atoms with E-state index in [4.69, 9.17) is 9.72 Å². The molecule has 10 nitrogen and oxygen atoms in total. The highest BCUT2D eigenvalue weighted by Crippen LogP contribution is 2.38. The van der Waals surface area contributed by atoms with Gasteiger partial charge in [-0.25, -0.2) is 19.7 Å². The first-order chi connectivity index (χ1) is 19.4. The number of pyridine rings is 1. The van der Waals surface area contributed by atoms with Gasteiger partial charge in [0.2, 0.25) is 17.7 Å². The molecule has 1 atom stereocenters. The summed E-state index contributed by atoms with van der Waals surface area (Å²) in [5, 5.41) is 17.4. The number of benzene rings is 2. The van der Waals surface area contributed by atoms with Gasteiger partial charge < -0.3 is 25.4 Å². The fourth-order valence-corrected chi connectivity index (χ4v) is 4.92. The number of fused-ring (bicyclic) bond motifs is 1. The summed E-state index contributed by atoms with van der Waals surface area (Å²) >= 11 is 0. The summed E-state index contributed by atoms with van der Waals surface area (Å²) < 4.78 is 6.47. The predicted molar refractivity (Wildman–Crippen MR) is 154 cm³/mol. The number of anilines is 2. The number of carboxylic acid groups (broad SMARTS) is 1. The molecule has 3 N–H and O–H groups in total. The molecule has 1 fully saturated rings. The number of carbonyl (C=O) groups excluding carboxylic acids is 1. The third kappa shape index (κ3) is 5.96. The second kappa shape index (κ2) is 12.0. The smallest absolute Gasteiger partial charge is 0.407 e. The minimum absolute atomic E-state index is 0.0258. The molecule has 1 aliphatic heterocycles. The lowest BCUT2D eigenvalue weighted by Gasteiger charge is -2.31. The number of hydrogen-bond acceptors (Lipinski definition) is 7. The third-order valence-corrected chi connectivity index (χ3v) is 6.89. The summed E-state index contributed by atoms with van der Waals surface area (Å²) in [5.41, 5.74) is 2.97. The van der Waals surface area contributed by atoms with Crippen LogP contribution in [-0.2, 0) is 4.79 Å². The average molecular weight is 541 g/mol. The second-order valence-corrected chi connectivity index (χ2v) is 9.85. The molecule has 2 amide bonds. The first kappa shape index (κ1) is 26.9. The van der Waals surface area contributed by atoms with E-state index in [1.165, 1.54) is 4.90 Å². The zero-order valence-corrected chi connectivity index (χ0v) is 22.6. The number of carbonyl (C=O) groups is 2. The van der Waals surface area contributed by atoms with Crippen molar-refractivity contribution >= 4 is 34.4 Å². The average Bonchev–Trinajstić information content (AvgIpc) is 2.95. The molecule has 0 unspecified atom stereocenters. The van der Waals surface area contributed by atoms with E-state index in [2.05, 4.69) is 20.6 Å². The van der Waals surface area contributed by atoms with Crippen LogP contribution in [0, 0.1) is 6.92 Å². The van der Waals surface area contributed by atoms with E-state index in [1.54, 1.807) is 18.5 Å². The molecule has 5 rings (SSSR count). The van der Waals surface area contributed by atoms with Gasteiger partial charge in [0.1, 0.15) is 5.75 Å². The van der Waals surface area contributed by atoms with Crippen LogP contribution < -0.4 is 15.4 Å². The number of nitrogens with one attached hydrogen (secondary N) is 2.